The van der Waals surface area contributed by atoms with Crippen LogP contribution in [-0.4, -0.2) is 10.3 Å². The van der Waals surface area contributed by atoms with Crippen molar-refractivity contribution in [1.82, 2.24) is 4.98 Å². The van der Waals surface area contributed by atoms with Crippen LogP contribution in [0, 0.1) is 0 Å². The minimum absolute atomic E-state index is 0.520. The molecule has 0 fully saturated rings. The van der Waals surface area contributed by atoms with E-state index in [9.17, 15) is 0 Å². The van der Waals surface area contributed by atoms with Gasteiger partial charge in [0.15, 0.2) is 0 Å². The second kappa shape index (κ2) is 4.19. The number of thiazole rings is 1. The first-order valence-electron chi connectivity index (χ1n) is 3.84. The highest BCUT2D eigenvalue weighted by Gasteiger charge is 2.06. The first kappa shape index (κ1) is 9.93. The van der Waals surface area contributed by atoms with Gasteiger partial charge in [0.2, 0.25) is 0 Å². The van der Waals surface area contributed by atoms with Crippen molar-refractivity contribution in [2.24, 2.45) is 0 Å². The molecule has 1 aromatic heterocycles. The molecule has 0 aliphatic carbocycles. The summed E-state index contributed by atoms with van der Waals surface area (Å²) >= 11 is 5.07. The highest BCUT2D eigenvalue weighted by molar-refractivity contribution is 9.09. The summed E-state index contributed by atoms with van der Waals surface area (Å²) in [4.78, 5) is 4.47. The first-order chi connectivity index (χ1) is 5.65. The molecule has 0 saturated heterocycles. The van der Waals surface area contributed by atoms with Gasteiger partial charge in [0.25, 0.3) is 0 Å². The van der Waals surface area contributed by atoms with E-state index in [1.54, 1.807) is 11.3 Å². The van der Waals surface area contributed by atoms with Crippen molar-refractivity contribution in [2.45, 2.75) is 19.8 Å². The molecule has 12 heavy (non-hydrogen) atoms. The summed E-state index contributed by atoms with van der Waals surface area (Å²) in [5, 5.41) is 4.06. The summed E-state index contributed by atoms with van der Waals surface area (Å²) in [6, 6.07) is 0. The molecule has 0 N–H and O–H groups in total. The lowest BCUT2D eigenvalue weighted by atomic mass is 10.2. The molecule has 0 bridgehead atoms. The van der Waals surface area contributed by atoms with Gasteiger partial charge in [-0.1, -0.05) is 36.4 Å². The number of halogens is 1. The number of alkyl halides is 1. The lowest BCUT2D eigenvalue weighted by Crippen LogP contribution is -1.88. The topological polar surface area (TPSA) is 12.9 Å². The third-order valence-electron chi connectivity index (χ3n) is 1.54. The van der Waals surface area contributed by atoms with Crippen LogP contribution in [0.1, 0.15) is 30.5 Å². The molecule has 0 spiro atoms. The highest BCUT2D eigenvalue weighted by atomic mass is 79.9. The first-order valence-corrected chi connectivity index (χ1v) is 5.84. The predicted molar refractivity (Wildman–Crippen MR) is 59.0 cm³/mol. The van der Waals surface area contributed by atoms with Crippen LogP contribution in [0.25, 0.3) is 5.57 Å². The average Bonchev–Trinajstić information content (AvgIpc) is 2.51. The van der Waals surface area contributed by atoms with E-state index < -0.39 is 0 Å². The summed E-state index contributed by atoms with van der Waals surface area (Å²) in [5.41, 5.74) is 2.08. The molecule has 0 aliphatic heterocycles. The molecule has 0 atom stereocenters. The van der Waals surface area contributed by atoms with Crippen LogP contribution >= 0.6 is 27.3 Å². The maximum absolute atomic E-state index is 4.47. The quantitative estimate of drug-likeness (QED) is 0.741. The van der Waals surface area contributed by atoms with Crippen molar-refractivity contribution in [3.63, 3.8) is 0 Å². The third kappa shape index (κ3) is 2.17. The van der Waals surface area contributed by atoms with E-state index in [1.807, 2.05) is 0 Å². The fourth-order valence-electron chi connectivity index (χ4n) is 0.784. The van der Waals surface area contributed by atoms with Crippen molar-refractivity contribution in [3.8, 4) is 0 Å². The van der Waals surface area contributed by atoms with Gasteiger partial charge in [-0.15, -0.1) is 11.3 Å². The Labute approximate surface area is 85.7 Å². The number of aromatic nitrogens is 1. The fourth-order valence-corrected chi connectivity index (χ4v) is 1.95. The summed E-state index contributed by atoms with van der Waals surface area (Å²) in [6.07, 6.45) is 0. The molecule has 0 amide bonds. The Kier molecular flexibility index (Phi) is 3.47. The Bertz CT molecular complexity index is 278. The second-order valence-corrected chi connectivity index (χ2v) is 4.41. The van der Waals surface area contributed by atoms with Gasteiger partial charge < -0.3 is 0 Å². The molecule has 0 saturated carbocycles. The molecule has 0 aliphatic rings. The van der Waals surface area contributed by atoms with Crippen molar-refractivity contribution in [1.29, 1.82) is 0 Å². The van der Waals surface area contributed by atoms with Crippen LogP contribution < -0.4 is 0 Å². The maximum atomic E-state index is 4.47. The monoisotopic (exact) mass is 245 g/mol. The van der Waals surface area contributed by atoms with Crippen LogP contribution in [0.15, 0.2) is 12.0 Å². The van der Waals surface area contributed by atoms with Crippen LogP contribution in [0.5, 0.6) is 0 Å². The minimum atomic E-state index is 0.520. The standard InChI is InChI=1S/C9H12BrNS/c1-6(2)9-11-8(5-12-9)7(3)4-10/h5-6H,3-4H2,1-2H3. The summed E-state index contributed by atoms with van der Waals surface area (Å²) in [5.74, 6) is 0.520. The van der Waals surface area contributed by atoms with Crippen LogP contribution in [0.3, 0.4) is 0 Å². The van der Waals surface area contributed by atoms with Crippen LogP contribution in [-0.2, 0) is 0 Å². The van der Waals surface area contributed by atoms with Crippen molar-refractivity contribution in [2.75, 3.05) is 5.33 Å². The molecule has 0 aromatic carbocycles. The smallest absolute Gasteiger partial charge is 0.0957 e. The zero-order chi connectivity index (χ0) is 9.14. The van der Waals surface area contributed by atoms with E-state index >= 15 is 0 Å². The van der Waals surface area contributed by atoms with Gasteiger partial charge in [0.1, 0.15) is 0 Å². The number of hydrogen-bond acceptors (Lipinski definition) is 2. The van der Waals surface area contributed by atoms with Gasteiger partial charge in [0, 0.05) is 16.6 Å². The maximum Gasteiger partial charge on any atom is 0.0957 e. The third-order valence-corrected chi connectivity index (χ3v) is 3.36. The van der Waals surface area contributed by atoms with Gasteiger partial charge in [-0.2, -0.15) is 0 Å². The lowest BCUT2D eigenvalue weighted by molar-refractivity contribution is 0.850. The van der Waals surface area contributed by atoms with Gasteiger partial charge in [-0.25, -0.2) is 4.98 Å². The molecule has 1 rings (SSSR count). The number of allylic oxidation sites excluding steroid dienone is 1. The van der Waals surface area contributed by atoms with Crippen LogP contribution in [0.4, 0.5) is 0 Å². The summed E-state index contributed by atoms with van der Waals surface area (Å²) < 4.78 is 0. The predicted octanol–water partition coefficient (Wildman–Crippen LogP) is 3.67. The molecular weight excluding hydrogens is 234 g/mol. The summed E-state index contributed by atoms with van der Waals surface area (Å²) in [7, 11) is 0. The molecule has 1 nitrogen and oxygen atoms in total. The molecule has 3 heteroatoms. The lowest BCUT2D eigenvalue weighted by Gasteiger charge is -1.97. The largest absolute Gasteiger partial charge is 0.241 e. The van der Waals surface area contributed by atoms with E-state index in [1.165, 1.54) is 5.01 Å². The van der Waals surface area contributed by atoms with Gasteiger partial charge in [-0.05, 0) is 5.57 Å². The zero-order valence-corrected chi connectivity index (χ0v) is 9.70. The van der Waals surface area contributed by atoms with Crippen molar-refractivity contribution in [3.05, 3.63) is 22.7 Å². The van der Waals surface area contributed by atoms with Gasteiger partial charge in [0.05, 0.1) is 10.7 Å². The van der Waals surface area contributed by atoms with Crippen LogP contribution in [0.2, 0.25) is 0 Å². The Morgan fingerprint density at radius 2 is 2.42 bits per heavy atom. The number of nitrogens with zero attached hydrogens (tertiary/aromatic N) is 1. The van der Waals surface area contributed by atoms with E-state index in [4.69, 9.17) is 0 Å². The molecular formula is C9H12BrNS. The zero-order valence-electron chi connectivity index (χ0n) is 7.30. The average molecular weight is 246 g/mol. The second-order valence-electron chi connectivity index (χ2n) is 2.96. The van der Waals surface area contributed by atoms with Crippen molar-refractivity contribution >= 4 is 32.8 Å². The number of hydrogen-bond donors (Lipinski definition) is 0. The number of rotatable bonds is 3. The minimum Gasteiger partial charge on any atom is -0.241 e. The Morgan fingerprint density at radius 1 is 1.75 bits per heavy atom. The van der Waals surface area contributed by atoms with E-state index in [0.29, 0.717) is 5.92 Å². The molecule has 1 heterocycles. The van der Waals surface area contributed by atoms with E-state index in [2.05, 4.69) is 46.7 Å². The van der Waals surface area contributed by atoms with E-state index in [0.717, 1.165) is 16.6 Å². The van der Waals surface area contributed by atoms with Crippen molar-refractivity contribution < 1.29 is 0 Å². The SMILES string of the molecule is C=C(CBr)c1csc(C(C)C)n1. The molecule has 1 aromatic rings. The summed E-state index contributed by atoms with van der Waals surface area (Å²) in [6.45, 7) is 8.22. The fraction of sp³-hybridized carbons (Fsp3) is 0.444. The Morgan fingerprint density at radius 3 is 2.83 bits per heavy atom. The molecule has 66 valence electrons. The highest BCUT2D eigenvalue weighted by Crippen LogP contribution is 2.23. The van der Waals surface area contributed by atoms with Gasteiger partial charge >= 0.3 is 0 Å². The normalized spacial score (nSPS) is 10.7. The molecule has 0 unspecified atom stereocenters. The Balaban J connectivity index is 2.84. The van der Waals surface area contributed by atoms with E-state index in [-0.39, 0.29) is 0 Å². The Hall–Kier alpha value is -0.150. The molecule has 0 radical (unpaired) electrons. The van der Waals surface area contributed by atoms with Gasteiger partial charge in [-0.3, -0.25) is 0 Å².